The lowest BCUT2D eigenvalue weighted by Crippen LogP contribution is -2.29. The Morgan fingerprint density at radius 3 is 2.74 bits per heavy atom. The molecule has 1 fully saturated rings. The number of rotatable bonds is 9. The van der Waals surface area contributed by atoms with Crippen molar-refractivity contribution in [3.63, 3.8) is 0 Å². The first-order valence-electron chi connectivity index (χ1n) is 13.3. The fourth-order valence-corrected chi connectivity index (χ4v) is 5.90. The number of ether oxygens (including phenoxy) is 2. The number of aromatic nitrogens is 3. The standard InChI is InChI=1S/C29H34N6O3S/c1-5-37-28-20(7-6-12-31-28)24-25-23(39-26(24)27(30)36)16-32-29(34-25)33-21-9-8-19(15-22(21)38-17(2)3)18-10-13-35(4)14-11-18/h6-9,12,15-18H,5,10-11,13-14H2,1-4H3,(H2,30,36)(H,32,33,34). The largest absolute Gasteiger partial charge is 0.489 e. The Labute approximate surface area is 232 Å². The summed E-state index contributed by atoms with van der Waals surface area (Å²) in [6.45, 7) is 8.54. The number of nitrogens with two attached hydrogens (primary N) is 1. The van der Waals surface area contributed by atoms with E-state index in [1.54, 1.807) is 18.5 Å². The Balaban J connectivity index is 1.54. The highest BCUT2D eigenvalue weighted by molar-refractivity contribution is 7.21. The predicted molar refractivity (Wildman–Crippen MR) is 155 cm³/mol. The molecule has 0 bridgehead atoms. The van der Waals surface area contributed by atoms with Crippen LogP contribution in [0.5, 0.6) is 11.6 Å². The van der Waals surface area contributed by atoms with Crippen molar-refractivity contribution >= 4 is 39.1 Å². The number of nitrogens with one attached hydrogen (secondary N) is 1. The monoisotopic (exact) mass is 546 g/mol. The number of carbonyl (C=O) groups excluding carboxylic acids is 1. The molecule has 0 unspecified atom stereocenters. The zero-order chi connectivity index (χ0) is 27.5. The van der Waals surface area contributed by atoms with Crippen molar-refractivity contribution in [2.45, 2.75) is 45.6 Å². The van der Waals surface area contributed by atoms with Gasteiger partial charge >= 0.3 is 0 Å². The van der Waals surface area contributed by atoms with Crippen LogP contribution in [0.4, 0.5) is 11.6 Å². The first-order valence-corrected chi connectivity index (χ1v) is 14.1. The molecule has 1 amide bonds. The second-order valence-corrected chi connectivity index (χ2v) is 11.0. The lowest BCUT2D eigenvalue weighted by atomic mass is 9.89. The van der Waals surface area contributed by atoms with Crippen LogP contribution in [0.25, 0.3) is 21.3 Å². The minimum atomic E-state index is -0.536. The molecule has 0 saturated carbocycles. The molecule has 0 aliphatic carbocycles. The van der Waals surface area contributed by atoms with Gasteiger partial charge in [-0.1, -0.05) is 6.07 Å². The number of benzene rings is 1. The number of anilines is 2. The highest BCUT2D eigenvalue weighted by atomic mass is 32.1. The van der Waals surface area contributed by atoms with Crippen molar-refractivity contribution in [1.82, 2.24) is 19.9 Å². The lowest BCUT2D eigenvalue weighted by molar-refractivity contribution is 0.100. The number of hydrogen-bond donors (Lipinski definition) is 2. The van der Waals surface area contributed by atoms with Gasteiger partial charge in [-0.2, -0.15) is 0 Å². The van der Waals surface area contributed by atoms with Crippen molar-refractivity contribution in [3.8, 4) is 22.8 Å². The molecule has 4 heterocycles. The van der Waals surface area contributed by atoms with Crippen molar-refractivity contribution < 1.29 is 14.3 Å². The summed E-state index contributed by atoms with van der Waals surface area (Å²) in [4.78, 5) is 28.9. The third-order valence-electron chi connectivity index (χ3n) is 6.78. The first-order chi connectivity index (χ1) is 18.8. The second-order valence-electron chi connectivity index (χ2n) is 9.99. The van der Waals surface area contributed by atoms with E-state index in [2.05, 4.69) is 39.4 Å². The molecule has 10 heteroatoms. The summed E-state index contributed by atoms with van der Waals surface area (Å²) in [5.41, 5.74) is 9.71. The summed E-state index contributed by atoms with van der Waals surface area (Å²) in [7, 11) is 2.17. The number of likely N-dealkylation sites (tertiary alicyclic amines) is 1. The predicted octanol–water partition coefficient (Wildman–Crippen LogP) is 5.59. The summed E-state index contributed by atoms with van der Waals surface area (Å²) < 4.78 is 12.7. The Hall–Kier alpha value is -3.76. The van der Waals surface area contributed by atoms with Gasteiger partial charge in [0.15, 0.2) is 0 Å². The minimum absolute atomic E-state index is 0.00542. The van der Waals surface area contributed by atoms with Crippen molar-refractivity contribution in [3.05, 3.63) is 53.2 Å². The van der Waals surface area contributed by atoms with E-state index in [9.17, 15) is 4.79 Å². The Bertz CT molecular complexity index is 1480. The molecule has 9 nitrogen and oxygen atoms in total. The number of nitrogens with zero attached hydrogens (tertiary/aromatic N) is 4. The molecule has 1 aliphatic heterocycles. The van der Waals surface area contributed by atoms with E-state index in [1.807, 2.05) is 32.9 Å². The summed E-state index contributed by atoms with van der Waals surface area (Å²) >= 11 is 1.26. The van der Waals surface area contributed by atoms with Crippen LogP contribution >= 0.6 is 11.3 Å². The summed E-state index contributed by atoms with van der Waals surface area (Å²) in [6.07, 6.45) is 5.63. The van der Waals surface area contributed by atoms with Gasteiger partial charge in [0.25, 0.3) is 5.91 Å². The van der Waals surface area contributed by atoms with Gasteiger partial charge in [0.05, 0.1) is 34.8 Å². The molecular formula is C29H34N6O3S. The summed E-state index contributed by atoms with van der Waals surface area (Å²) in [6, 6.07) is 10.00. The van der Waals surface area contributed by atoms with Crippen LogP contribution < -0.4 is 20.5 Å². The second kappa shape index (κ2) is 11.5. The van der Waals surface area contributed by atoms with Crippen LogP contribution in [0.2, 0.25) is 0 Å². The summed E-state index contributed by atoms with van der Waals surface area (Å²) in [5, 5.41) is 3.35. The van der Waals surface area contributed by atoms with Crippen molar-refractivity contribution in [2.24, 2.45) is 5.73 Å². The normalized spacial score (nSPS) is 14.6. The number of primary amides is 1. The molecule has 4 aromatic rings. The van der Waals surface area contributed by atoms with E-state index in [4.69, 9.17) is 20.2 Å². The van der Waals surface area contributed by atoms with Gasteiger partial charge in [-0.25, -0.2) is 15.0 Å². The fourth-order valence-electron chi connectivity index (χ4n) is 4.92. The van der Waals surface area contributed by atoms with Crippen LogP contribution in [-0.4, -0.2) is 58.6 Å². The molecule has 0 radical (unpaired) electrons. The molecule has 0 spiro atoms. The van der Waals surface area contributed by atoms with Gasteiger partial charge in [-0.05, 0) is 89.5 Å². The molecule has 3 aromatic heterocycles. The van der Waals surface area contributed by atoms with Gasteiger partial charge in [0.1, 0.15) is 10.6 Å². The maximum Gasteiger partial charge on any atom is 0.259 e. The number of pyridine rings is 1. The molecule has 204 valence electrons. The number of hydrogen-bond acceptors (Lipinski definition) is 9. The fraction of sp³-hybridized carbons (Fsp3) is 0.379. The molecular weight excluding hydrogens is 512 g/mol. The van der Waals surface area contributed by atoms with E-state index in [0.717, 1.165) is 42.1 Å². The Morgan fingerprint density at radius 1 is 1.23 bits per heavy atom. The average molecular weight is 547 g/mol. The lowest BCUT2D eigenvalue weighted by Gasteiger charge is -2.29. The number of fused-ring (bicyclic) bond motifs is 1. The van der Waals surface area contributed by atoms with E-state index in [-0.39, 0.29) is 6.10 Å². The molecule has 5 rings (SSSR count). The zero-order valence-electron chi connectivity index (χ0n) is 22.7. The quantitative estimate of drug-likeness (QED) is 0.279. The van der Waals surface area contributed by atoms with Gasteiger partial charge in [0.2, 0.25) is 11.8 Å². The maximum atomic E-state index is 12.4. The number of thiophene rings is 1. The number of amides is 1. The number of piperidine rings is 1. The third kappa shape index (κ3) is 5.81. The average Bonchev–Trinajstić information content (AvgIpc) is 3.29. The van der Waals surface area contributed by atoms with Crippen LogP contribution in [-0.2, 0) is 0 Å². The van der Waals surface area contributed by atoms with Crippen LogP contribution in [0.15, 0.2) is 42.7 Å². The summed E-state index contributed by atoms with van der Waals surface area (Å²) in [5.74, 6) is 1.55. The van der Waals surface area contributed by atoms with Gasteiger partial charge in [-0.3, -0.25) is 4.79 Å². The van der Waals surface area contributed by atoms with Crippen molar-refractivity contribution in [1.29, 1.82) is 0 Å². The van der Waals surface area contributed by atoms with Gasteiger partial charge in [-0.15, -0.1) is 11.3 Å². The molecule has 3 N–H and O–H groups in total. The minimum Gasteiger partial charge on any atom is -0.489 e. The van der Waals surface area contributed by atoms with E-state index < -0.39 is 5.91 Å². The van der Waals surface area contributed by atoms with E-state index >= 15 is 0 Å². The molecule has 0 atom stereocenters. The SMILES string of the molecule is CCOc1ncccc1-c1c(C(N)=O)sc2cnc(Nc3ccc(C4CCN(C)CC4)cc3OC(C)C)nc12. The van der Waals surface area contributed by atoms with Crippen LogP contribution in [0, 0.1) is 0 Å². The topological polar surface area (TPSA) is 115 Å². The third-order valence-corrected chi connectivity index (χ3v) is 7.91. The highest BCUT2D eigenvalue weighted by Crippen LogP contribution is 2.41. The smallest absolute Gasteiger partial charge is 0.259 e. The van der Waals surface area contributed by atoms with Gasteiger partial charge < -0.3 is 25.4 Å². The van der Waals surface area contributed by atoms with Crippen molar-refractivity contribution in [2.75, 3.05) is 32.1 Å². The molecule has 39 heavy (non-hydrogen) atoms. The zero-order valence-corrected chi connectivity index (χ0v) is 23.5. The Morgan fingerprint density at radius 2 is 2.03 bits per heavy atom. The molecule has 1 saturated heterocycles. The highest BCUT2D eigenvalue weighted by Gasteiger charge is 2.24. The van der Waals surface area contributed by atoms with E-state index in [1.165, 1.54) is 16.9 Å². The number of carbonyl (C=O) groups is 1. The van der Waals surface area contributed by atoms with Crippen LogP contribution in [0.1, 0.15) is 54.8 Å². The van der Waals surface area contributed by atoms with Gasteiger partial charge in [0, 0.05) is 17.3 Å². The Kier molecular flexibility index (Phi) is 7.94. The molecule has 1 aromatic carbocycles. The molecule has 1 aliphatic rings. The van der Waals surface area contributed by atoms with Crippen LogP contribution in [0.3, 0.4) is 0 Å². The maximum absolute atomic E-state index is 12.4. The van der Waals surface area contributed by atoms with E-state index in [0.29, 0.717) is 45.9 Å². The first kappa shape index (κ1) is 26.8.